The molecular weight excluding hydrogens is 505 g/mol. The van der Waals surface area contributed by atoms with Gasteiger partial charge in [-0.3, -0.25) is 8.77 Å². The largest absolute Gasteiger partial charge is 0.481 e. The number of aryl methyl sites for hydroxylation is 1. The smallest absolute Gasteiger partial charge is 0.309 e. The molecule has 0 atom stereocenters. The number of carboxylic acids is 1. The molecule has 5 rings (SSSR count). The first-order chi connectivity index (χ1) is 17.3. The number of hydrogen-bond acceptors (Lipinski definition) is 5. The van der Waals surface area contributed by atoms with Gasteiger partial charge in [-0.2, -0.15) is 5.26 Å². The Balaban J connectivity index is 1.75. The van der Waals surface area contributed by atoms with Crippen molar-refractivity contribution in [2.45, 2.75) is 44.9 Å². The molecule has 7 heteroatoms. The molecule has 3 aromatic heterocycles. The normalized spacial score (nSPS) is 12.9. The lowest BCUT2D eigenvalue weighted by Gasteiger charge is -2.17. The van der Waals surface area contributed by atoms with E-state index in [9.17, 15) is 15.2 Å². The van der Waals surface area contributed by atoms with Crippen LogP contribution in [0.25, 0.3) is 33.9 Å². The van der Waals surface area contributed by atoms with Crippen LogP contribution < -0.4 is 10.6 Å². The Morgan fingerprint density at radius 2 is 1.89 bits per heavy atom. The minimum Gasteiger partial charge on any atom is -0.481 e. The zero-order valence-electron chi connectivity index (χ0n) is 20.4. The predicted molar refractivity (Wildman–Crippen MR) is 151 cm³/mol. The standard InChI is InChI=1S/C29H26N2O2S3/c1-18-8-10-19(11-9-18)36-31-23-7-5-4-6-21(23)26(22-14-15-34-25(22)17-30)27(31)24-13-12-20(35-24)16-29(2,3)28(32)33/h6-15H,4-5,16H2,1-3H3,(H,32,33). The Kier molecular flexibility index (Phi) is 6.69. The van der Waals surface area contributed by atoms with Crippen molar-refractivity contribution >= 4 is 52.7 Å². The van der Waals surface area contributed by atoms with Gasteiger partial charge in [0.25, 0.3) is 0 Å². The molecule has 0 saturated heterocycles. The summed E-state index contributed by atoms with van der Waals surface area (Å²) in [5.74, 6) is -0.798. The summed E-state index contributed by atoms with van der Waals surface area (Å²) in [6, 6.07) is 17.1. The number of thiophene rings is 2. The zero-order chi connectivity index (χ0) is 25.4. The van der Waals surface area contributed by atoms with Gasteiger partial charge in [-0.25, -0.2) is 0 Å². The number of rotatable bonds is 7. The monoisotopic (exact) mass is 530 g/mol. The molecule has 4 nitrogen and oxygen atoms in total. The Labute approximate surface area is 223 Å². The Hall–Kier alpha value is -3.05. The summed E-state index contributed by atoms with van der Waals surface area (Å²) in [5.41, 5.74) is 3.49. The number of carbonyl (C=O) groups is 1. The van der Waals surface area contributed by atoms with Crippen molar-refractivity contribution in [2.75, 3.05) is 0 Å². The van der Waals surface area contributed by atoms with E-state index < -0.39 is 11.4 Å². The van der Waals surface area contributed by atoms with Gasteiger partial charge in [0.2, 0.25) is 0 Å². The van der Waals surface area contributed by atoms with E-state index in [1.165, 1.54) is 22.1 Å². The molecule has 0 bridgehead atoms. The number of benzene rings is 1. The minimum absolute atomic E-state index is 0.466. The van der Waals surface area contributed by atoms with Gasteiger partial charge in [0.15, 0.2) is 0 Å². The highest BCUT2D eigenvalue weighted by Gasteiger charge is 2.29. The molecular formula is C29H26N2O2S3. The number of hydrogen-bond donors (Lipinski definition) is 1. The molecule has 0 aliphatic heterocycles. The van der Waals surface area contributed by atoms with Crippen LogP contribution in [0.4, 0.5) is 0 Å². The molecule has 1 N–H and O–H groups in total. The van der Waals surface area contributed by atoms with E-state index in [0.29, 0.717) is 11.3 Å². The van der Waals surface area contributed by atoms with Crippen LogP contribution in [0.5, 0.6) is 0 Å². The Bertz CT molecular complexity index is 1610. The first-order valence-electron chi connectivity index (χ1n) is 11.8. The van der Waals surface area contributed by atoms with Crippen molar-refractivity contribution in [3.05, 3.63) is 73.7 Å². The Morgan fingerprint density at radius 3 is 2.61 bits per heavy atom. The highest BCUT2D eigenvalue weighted by molar-refractivity contribution is 7.98. The minimum atomic E-state index is -0.842. The van der Waals surface area contributed by atoms with Gasteiger partial charge in [0, 0.05) is 26.1 Å². The van der Waals surface area contributed by atoms with Crippen molar-refractivity contribution in [3.8, 4) is 27.8 Å². The second-order valence-electron chi connectivity index (χ2n) is 9.61. The van der Waals surface area contributed by atoms with Gasteiger partial charge in [-0.1, -0.05) is 29.8 Å². The molecule has 182 valence electrons. The van der Waals surface area contributed by atoms with Crippen LogP contribution in [-0.2, 0) is 11.2 Å². The molecule has 0 unspecified atom stereocenters. The van der Waals surface area contributed by atoms with Crippen molar-refractivity contribution in [1.29, 1.82) is 5.26 Å². The van der Waals surface area contributed by atoms with Crippen LogP contribution in [0.2, 0.25) is 0 Å². The van der Waals surface area contributed by atoms with Gasteiger partial charge in [-0.15, -0.1) is 22.7 Å². The van der Waals surface area contributed by atoms with Crippen molar-refractivity contribution < 1.29 is 9.90 Å². The maximum atomic E-state index is 11.8. The molecule has 1 aliphatic carbocycles. The maximum absolute atomic E-state index is 11.8. The fraction of sp³-hybridized carbons (Fsp3) is 0.241. The molecule has 1 aliphatic rings. The third-order valence-electron chi connectivity index (χ3n) is 6.40. The molecule has 0 fully saturated rings. The van der Waals surface area contributed by atoms with Gasteiger partial charge in [0.05, 0.1) is 21.3 Å². The molecule has 0 saturated carbocycles. The Morgan fingerprint density at radius 1 is 1.14 bits per heavy atom. The third-order valence-corrected chi connectivity index (χ3v) is 9.36. The highest BCUT2D eigenvalue weighted by Crippen LogP contribution is 2.40. The number of nitriles is 1. The second kappa shape index (κ2) is 9.78. The summed E-state index contributed by atoms with van der Waals surface area (Å²) in [6.45, 7) is 5.62. The van der Waals surface area contributed by atoms with Crippen LogP contribution in [0.15, 0.2) is 52.7 Å². The van der Waals surface area contributed by atoms with E-state index >= 15 is 0 Å². The summed E-state index contributed by atoms with van der Waals surface area (Å²) >= 11 is 4.80. The number of fused-ring (bicyclic) bond motifs is 1. The van der Waals surface area contributed by atoms with Crippen molar-refractivity contribution in [1.82, 2.24) is 3.97 Å². The summed E-state index contributed by atoms with van der Waals surface area (Å²) in [6.07, 6.45) is 6.99. The molecule has 3 heterocycles. The summed E-state index contributed by atoms with van der Waals surface area (Å²) < 4.78 is 2.31. The van der Waals surface area contributed by atoms with Gasteiger partial charge >= 0.3 is 5.97 Å². The van der Waals surface area contributed by atoms with Crippen LogP contribution in [0, 0.1) is 23.7 Å². The highest BCUT2D eigenvalue weighted by atomic mass is 32.2. The lowest BCUT2D eigenvalue weighted by Crippen LogP contribution is -2.29. The van der Waals surface area contributed by atoms with Gasteiger partial charge < -0.3 is 5.11 Å². The number of aliphatic carboxylic acids is 1. The fourth-order valence-corrected chi connectivity index (χ4v) is 7.48. The van der Waals surface area contributed by atoms with Crippen LogP contribution in [-0.4, -0.2) is 15.0 Å². The van der Waals surface area contributed by atoms with E-state index in [4.69, 9.17) is 0 Å². The molecule has 0 spiro atoms. The quantitative estimate of drug-likeness (QED) is 0.289. The van der Waals surface area contributed by atoms with Crippen LogP contribution >= 0.6 is 34.6 Å². The van der Waals surface area contributed by atoms with Crippen molar-refractivity contribution in [2.24, 2.45) is 5.41 Å². The zero-order valence-corrected chi connectivity index (χ0v) is 22.8. The molecule has 4 aromatic rings. The predicted octanol–water partition coefficient (Wildman–Crippen LogP) is 6.69. The summed E-state index contributed by atoms with van der Waals surface area (Å²) in [5, 5.41) is 23.8. The van der Waals surface area contributed by atoms with E-state index in [2.05, 4.69) is 59.4 Å². The topological polar surface area (TPSA) is 66.0 Å². The lowest BCUT2D eigenvalue weighted by molar-refractivity contribution is -0.146. The van der Waals surface area contributed by atoms with Crippen LogP contribution in [0.1, 0.15) is 42.0 Å². The maximum Gasteiger partial charge on any atom is 0.309 e. The van der Waals surface area contributed by atoms with Crippen molar-refractivity contribution in [3.63, 3.8) is 0 Å². The summed E-state index contributed by atoms with van der Waals surface area (Å²) in [4.78, 5) is 15.7. The first kappa shape index (κ1) is 24.6. The first-order valence-corrected chi connectivity index (χ1v) is 14.3. The lowest BCUT2D eigenvalue weighted by atomic mass is 9.89. The van der Waals surface area contributed by atoms with Gasteiger partial charge in [0.1, 0.15) is 10.9 Å². The summed E-state index contributed by atoms with van der Waals surface area (Å²) in [7, 11) is 0. The number of aromatic nitrogens is 1. The van der Waals surface area contributed by atoms with Crippen LogP contribution in [0.3, 0.4) is 0 Å². The average molecular weight is 531 g/mol. The third kappa shape index (κ3) is 4.57. The molecule has 36 heavy (non-hydrogen) atoms. The van der Waals surface area contributed by atoms with Gasteiger partial charge in [-0.05, 0) is 87.7 Å². The second-order valence-corrected chi connectivity index (χ2v) is 12.7. The van der Waals surface area contributed by atoms with E-state index in [1.807, 2.05) is 17.5 Å². The fourth-order valence-electron chi connectivity index (χ4n) is 4.43. The van der Waals surface area contributed by atoms with E-state index in [-0.39, 0.29) is 0 Å². The number of carboxylic acid groups (broad SMARTS) is 1. The molecule has 0 amide bonds. The average Bonchev–Trinajstić information content (AvgIpc) is 3.57. The van der Waals surface area contributed by atoms with E-state index in [0.717, 1.165) is 49.7 Å². The molecule has 1 aromatic carbocycles. The van der Waals surface area contributed by atoms with E-state index in [1.54, 1.807) is 37.1 Å². The number of nitrogens with zero attached hydrogens (tertiary/aromatic N) is 2. The SMILES string of the molecule is Cc1ccc(Sn2c(-c3ccc(CC(C)(C)C(=O)O)s3)c(-c3ccsc3C#N)c3c2=CCCC=3)cc1. The molecule has 0 radical (unpaired) electrons.